The predicted molar refractivity (Wildman–Crippen MR) is 133 cm³/mol. The van der Waals surface area contributed by atoms with Crippen LogP contribution in [0, 0.1) is 6.92 Å². The number of halogens is 4. The quantitative estimate of drug-likeness (QED) is 0.331. The molecule has 37 heavy (non-hydrogen) atoms. The maximum atomic E-state index is 13.3. The molecule has 0 bridgehead atoms. The molecule has 1 aliphatic rings. The number of aromatic nitrogens is 2. The van der Waals surface area contributed by atoms with Crippen molar-refractivity contribution in [2.45, 2.75) is 31.4 Å². The van der Waals surface area contributed by atoms with Crippen LogP contribution in [0.15, 0.2) is 48.8 Å². The first-order valence-electron chi connectivity index (χ1n) is 11.3. The fraction of sp³-hybridized carbons (Fsp3) is 0.280. The van der Waals surface area contributed by atoms with Crippen LogP contribution in [-0.2, 0) is 16.4 Å². The van der Waals surface area contributed by atoms with Crippen molar-refractivity contribution in [1.29, 1.82) is 0 Å². The van der Waals surface area contributed by atoms with Gasteiger partial charge < -0.3 is 21.1 Å². The minimum atomic E-state index is -4.67. The van der Waals surface area contributed by atoms with Crippen molar-refractivity contribution in [1.82, 2.24) is 9.97 Å². The number of nitrogens with zero attached hydrogens (tertiary/aromatic N) is 2. The molecule has 1 saturated carbocycles. The molecule has 0 aliphatic heterocycles. The maximum absolute atomic E-state index is 13.3. The molecular formula is C25H23ClF3N5O3. The molecule has 3 aromatic rings. The van der Waals surface area contributed by atoms with Crippen molar-refractivity contribution >= 4 is 40.6 Å². The lowest BCUT2D eigenvalue weighted by Gasteiger charge is -2.17. The van der Waals surface area contributed by atoms with Gasteiger partial charge in [0.15, 0.2) is 0 Å². The Kier molecular flexibility index (Phi) is 7.37. The summed E-state index contributed by atoms with van der Waals surface area (Å²) < 4.78 is 39.5. The highest BCUT2D eigenvalue weighted by Gasteiger charge is 2.53. The number of hydrogen-bond acceptors (Lipinski definition) is 6. The van der Waals surface area contributed by atoms with Gasteiger partial charge in [-0.2, -0.15) is 13.2 Å². The van der Waals surface area contributed by atoms with Gasteiger partial charge in [-0.3, -0.25) is 9.59 Å². The number of rotatable bonds is 8. The third kappa shape index (κ3) is 5.83. The molecule has 0 spiro atoms. The summed E-state index contributed by atoms with van der Waals surface area (Å²) in [5, 5.41) is 16.8. The summed E-state index contributed by atoms with van der Waals surface area (Å²) in [4.78, 5) is 34.4. The van der Waals surface area contributed by atoms with Gasteiger partial charge in [0, 0.05) is 29.5 Å². The van der Waals surface area contributed by atoms with Crippen molar-refractivity contribution in [2.24, 2.45) is 0 Å². The van der Waals surface area contributed by atoms with Crippen molar-refractivity contribution in [3.8, 4) is 0 Å². The number of nitrogens with one attached hydrogen (secondary N) is 3. The van der Waals surface area contributed by atoms with Gasteiger partial charge in [0.1, 0.15) is 12.1 Å². The van der Waals surface area contributed by atoms with E-state index in [0.29, 0.717) is 42.1 Å². The Morgan fingerprint density at radius 3 is 2.51 bits per heavy atom. The highest BCUT2D eigenvalue weighted by atomic mass is 35.5. The van der Waals surface area contributed by atoms with Gasteiger partial charge in [-0.05, 0) is 55.7 Å². The van der Waals surface area contributed by atoms with E-state index in [-0.39, 0.29) is 23.8 Å². The van der Waals surface area contributed by atoms with Crippen LogP contribution < -0.4 is 16.0 Å². The van der Waals surface area contributed by atoms with Gasteiger partial charge in [0.05, 0.1) is 28.3 Å². The van der Waals surface area contributed by atoms with Crippen LogP contribution in [0.3, 0.4) is 0 Å². The Morgan fingerprint density at radius 1 is 1.08 bits per heavy atom. The van der Waals surface area contributed by atoms with Crippen molar-refractivity contribution in [3.63, 3.8) is 0 Å². The Labute approximate surface area is 215 Å². The van der Waals surface area contributed by atoms with Crippen LogP contribution in [0.4, 0.5) is 30.4 Å². The van der Waals surface area contributed by atoms with Gasteiger partial charge in [-0.15, -0.1) is 0 Å². The summed E-state index contributed by atoms with van der Waals surface area (Å²) in [5.41, 5.74) is -0.206. The summed E-state index contributed by atoms with van der Waals surface area (Å²) in [5.74, 6) is -0.459. The van der Waals surface area contributed by atoms with E-state index in [4.69, 9.17) is 16.7 Å². The van der Waals surface area contributed by atoms with Gasteiger partial charge in [0.25, 0.3) is 5.91 Å². The first-order chi connectivity index (χ1) is 17.5. The Bertz CT molecular complexity index is 1350. The van der Waals surface area contributed by atoms with E-state index in [1.165, 1.54) is 24.5 Å². The number of amides is 2. The molecule has 8 nitrogen and oxygen atoms in total. The number of benzene rings is 2. The SMILES string of the molecule is Cc1ccc(C(=O)Nc2ccc(Cl)c(C(F)(F)F)c2)cc1NC(=O)C1(c2cc(NCCO)ncn2)CC1. The zero-order valence-electron chi connectivity index (χ0n) is 19.6. The summed E-state index contributed by atoms with van der Waals surface area (Å²) in [6, 6.07) is 9.38. The highest BCUT2D eigenvalue weighted by molar-refractivity contribution is 6.31. The van der Waals surface area contributed by atoms with Crippen LogP contribution in [0.2, 0.25) is 5.02 Å². The molecule has 2 aromatic carbocycles. The third-order valence-electron chi connectivity index (χ3n) is 6.04. The minimum absolute atomic E-state index is 0.0702. The molecule has 12 heteroatoms. The number of aryl methyl sites for hydroxylation is 1. The smallest absolute Gasteiger partial charge is 0.395 e. The van der Waals surface area contributed by atoms with Crippen LogP contribution in [0.5, 0.6) is 0 Å². The number of hydrogen-bond donors (Lipinski definition) is 4. The standard InChI is InChI=1S/C25H23ClF3N5O3/c1-14-2-3-15(22(36)33-16-4-5-18(26)17(11-16)25(27,28)29)10-19(14)34-23(37)24(6-7-24)20-12-21(30-8-9-35)32-13-31-20/h2-5,10-13,35H,6-9H2,1H3,(H,33,36)(H,34,37)(H,30,31,32). The van der Waals surface area contributed by atoms with E-state index in [1.54, 1.807) is 19.1 Å². The number of anilines is 3. The first-order valence-corrected chi connectivity index (χ1v) is 11.7. The van der Waals surface area contributed by atoms with Gasteiger partial charge in [-0.25, -0.2) is 9.97 Å². The second kappa shape index (κ2) is 10.3. The molecule has 1 heterocycles. The fourth-order valence-electron chi connectivity index (χ4n) is 3.79. The third-order valence-corrected chi connectivity index (χ3v) is 6.37. The van der Waals surface area contributed by atoms with Gasteiger partial charge in [0.2, 0.25) is 5.91 Å². The van der Waals surface area contributed by atoms with E-state index >= 15 is 0 Å². The highest BCUT2D eigenvalue weighted by Crippen LogP contribution is 2.48. The lowest BCUT2D eigenvalue weighted by Crippen LogP contribution is -2.29. The van der Waals surface area contributed by atoms with E-state index in [2.05, 4.69) is 25.9 Å². The van der Waals surface area contributed by atoms with Gasteiger partial charge >= 0.3 is 6.18 Å². The predicted octanol–water partition coefficient (Wildman–Crippen LogP) is 4.78. The lowest BCUT2D eigenvalue weighted by atomic mass is 10.00. The number of alkyl halides is 3. The van der Waals surface area contributed by atoms with E-state index < -0.39 is 28.1 Å². The normalized spacial score (nSPS) is 14.1. The molecule has 4 N–H and O–H groups in total. The summed E-state index contributed by atoms with van der Waals surface area (Å²) in [6.45, 7) is 1.99. The van der Waals surface area contributed by atoms with Crippen LogP contribution in [0.1, 0.15) is 40.0 Å². The molecule has 4 rings (SSSR count). The maximum Gasteiger partial charge on any atom is 0.417 e. The molecule has 194 valence electrons. The molecule has 1 aromatic heterocycles. The summed E-state index contributed by atoms with van der Waals surface area (Å²) in [6.07, 6.45) is -2.17. The Hall–Kier alpha value is -3.70. The van der Waals surface area contributed by atoms with Crippen LogP contribution in [-0.4, -0.2) is 40.0 Å². The van der Waals surface area contributed by atoms with Gasteiger partial charge in [-0.1, -0.05) is 17.7 Å². The number of aliphatic hydroxyl groups is 1. The van der Waals surface area contributed by atoms with Crippen LogP contribution >= 0.6 is 11.6 Å². The molecule has 2 amide bonds. The summed E-state index contributed by atoms with van der Waals surface area (Å²) >= 11 is 5.64. The molecule has 0 radical (unpaired) electrons. The monoisotopic (exact) mass is 533 g/mol. The largest absolute Gasteiger partial charge is 0.417 e. The Balaban J connectivity index is 1.51. The number of carbonyl (C=O) groups excluding carboxylic acids is 2. The van der Waals surface area contributed by atoms with Crippen LogP contribution in [0.25, 0.3) is 0 Å². The molecule has 0 unspecified atom stereocenters. The van der Waals surface area contributed by atoms with Crippen molar-refractivity contribution < 1.29 is 27.9 Å². The average Bonchev–Trinajstić information content (AvgIpc) is 3.67. The summed E-state index contributed by atoms with van der Waals surface area (Å²) in [7, 11) is 0. The zero-order valence-corrected chi connectivity index (χ0v) is 20.4. The van der Waals surface area contributed by atoms with E-state index in [1.807, 2.05) is 0 Å². The number of carbonyl (C=O) groups is 2. The van der Waals surface area contributed by atoms with E-state index in [9.17, 15) is 22.8 Å². The molecule has 1 aliphatic carbocycles. The fourth-order valence-corrected chi connectivity index (χ4v) is 4.01. The van der Waals surface area contributed by atoms with Crippen molar-refractivity contribution in [2.75, 3.05) is 29.1 Å². The van der Waals surface area contributed by atoms with Crippen molar-refractivity contribution in [3.05, 3.63) is 76.2 Å². The second-order valence-electron chi connectivity index (χ2n) is 8.65. The first kappa shape index (κ1) is 26.4. The second-order valence-corrected chi connectivity index (χ2v) is 9.06. The molecule has 0 atom stereocenters. The number of aliphatic hydroxyl groups excluding tert-OH is 1. The molecular weight excluding hydrogens is 511 g/mol. The molecule has 0 saturated heterocycles. The zero-order chi connectivity index (χ0) is 26.8. The molecule has 1 fully saturated rings. The Morgan fingerprint density at radius 2 is 1.84 bits per heavy atom. The average molecular weight is 534 g/mol. The van der Waals surface area contributed by atoms with E-state index in [0.717, 1.165) is 12.1 Å². The topological polar surface area (TPSA) is 116 Å². The minimum Gasteiger partial charge on any atom is -0.395 e. The lowest BCUT2D eigenvalue weighted by molar-refractivity contribution is -0.137.